The van der Waals surface area contributed by atoms with Gasteiger partial charge >= 0.3 is 5.97 Å². The van der Waals surface area contributed by atoms with Crippen LogP contribution >= 0.6 is 0 Å². The van der Waals surface area contributed by atoms with Crippen molar-refractivity contribution in [1.29, 1.82) is 0 Å². The van der Waals surface area contributed by atoms with Crippen molar-refractivity contribution in [3.05, 3.63) is 83.1 Å². The van der Waals surface area contributed by atoms with E-state index in [2.05, 4.69) is 0 Å². The molecule has 0 aliphatic carbocycles. The van der Waals surface area contributed by atoms with E-state index in [0.29, 0.717) is 24.3 Å². The summed E-state index contributed by atoms with van der Waals surface area (Å²) in [7, 11) is -3.42. The molecular formula is C34H34N2O6S. The number of hydrogen-bond acceptors (Lipinski definition) is 7. The average molecular weight is 599 g/mol. The monoisotopic (exact) mass is 598 g/mol. The first-order valence-corrected chi connectivity index (χ1v) is 16.1. The summed E-state index contributed by atoms with van der Waals surface area (Å²) in [5.74, 6) is -0.331. The number of anilines is 2. The minimum absolute atomic E-state index is 0.229. The molecule has 222 valence electrons. The highest BCUT2D eigenvalue weighted by molar-refractivity contribution is 7.90. The van der Waals surface area contributed by atoms with Gasteiger partial charge in [-0.25, -0.2) is 13.2 Å². The Balaban J connectivity index is 1.68. The van der Waals surface area contributed by atoms with Crippen LogP contribution < -0.4 is 9.64 Å². The third kappa shape index (κ3) is 5.28. The number of carboxylic acids is 1. The second-order valence-corrected chi connectivity index (χ2v) is 14.1. The Kier molecular flexibility index (Phi) is 7.06. The minimum Gasteiger partial charge on any atom is -0.493 e. The molecule has 6 rings (SSSR count). The molecule has 9 heteroatoms. The zero-order chi connectivity index (χ0) is 30.7. The molecule has 8 nitrogen and oxygen atoms in total. The van der Waals surface area contributed by atoms with Gasteiger partial charge in [0.05, 0.1) is 22.6 Å². The fourth-order valence-corrected chi connectivity index (χ4v) is 6.70. The molecule has 1 aromatic heterocycles. The molecule has 1 unspecified atom stereocenters. The maximum absolute atomic E-state index is 12.9. The van der Waals surface area contributed by atoms with Crippen LogP contribution in [0.5, 0.6) is 5.75 Å². The van der Waals surface area contributed by atoms with E-state index in [1.165, 1.54) is 6.26 Å². The van der Waals surface area contributed by atoms with Gasteiger partial charge in [-0.3, -0.25) is 4.98 Å². The number of aryl methyl sites for hydroxylation is 1. The van der Waals surface area contributed by atoms with Crippen LogP contribution in [0.1, 0.15) is 49.1 Å². The number of sulfone groups is 1. The van der Waals surface area contributed by atoms with Crippen molar-refractivity contribution in [2.45, 2.75) is 50.7 Å². The predicted molar refractivity (Wildman–Crippen MR) is 168 cm³/mol. The number of carboxylic acid groups (broad SMARTS) is 1. The van der Waals surface area contributed by atoms with Crippen LogP contribution in [0.2, 0.25) is 0 Å². The van der Waals surface area contributed by atoms with Gasteiger partial charge < -0.3 is 19.5 Å². The Morgan fingerprint density at radius 2 is 1.93 bits per heavy atom. The van der Waals surface area contributed by atoms with Crippen molar-refractivity contribution in [2.24, 2.45) is 0 Å². The zero-order valence-electron chi connectivity index (χ0n) is 24.8. The highest BCUT2D eigenvalue weighted by Crippen LogP contribution is 2.48. The molecule has 0 radical (unpaired) electrons. The summed E-state index contributed by atoms with van der Waals surface area (Å²) in [6, 6.07) is 14.7. The van der Waals surface area contributed by atoms with E-state index < -0.39 is 27.5 Å². The average Bonchev–Trinajstić information content (AvgIpc) is 2.95. The van der Waals surface area contributed by atoms with Crippen LogP contribution in [0, 0.1) is 6.92 Å². The standard InChI is InChI=1S/C34H34N2O6S/c1-20-18-26-24(10-7-16-36(26)22-8-6-9-23(19-22)43(5,39)40)30(28(20)32(33(37)38)42-34(2,3)4)25-11-12-27-29-21(14-17-41-27)13-15-35-31(25)29/h6-13,15,18-19,32H,14,16-17H2,1-5H3,(H,37,38). The second kappa shape index (κ2) is 10.5. The SMILES string of the molecule is Cc1cc2c(c(-c3ccc4c5c(ccnc35)CCO4)c1C(OC(C)(C)C)C(=O)O)C=CCN2c1cccc(S(C)(=O)=O)c1. The summed E-state index contributed by atoms with van der Waals surface area (Å²) in [4.78, 5) is 20.0. The van der Waals surface area contributed by atoms with Gasteiger partial charge in [0.1, 0.15) is 5.75 Å². The lowest BCUT2D eigenvalue weighted by Gasteiger charge is -2.34. The van der Waals surface area contributed by atoms with Crippen LogP contribution in [-0.4, -0.2) is 49.5 Å². The van der Waals surface area contributed by atoms with E-state index in [1.807, 2.05) is 75.1 Å². The number of carbonyl (C=O) groups is 1. The van der Waals surface area contributed by atoms with Gasteiger partial charge in [-0.1, -0.05) is 18.2 Å². The number of fused-ring (bicyclic) bond motifs is 1. The maximum atomic E-state index is 12.9. The molecule has 1 atom stereocenters. The van der Waals surface area contributed by atoms with Crippen molar-refractivity contribution < 1.29 is 27.8 Å². The Morgan fingerprint density at radius 1 is 1.14 bits per heavy atom. The molecule has 2 aliphatic heterocycles. The summed E-state index contributed by atoms with van der Waals surface area (Å²) < 4.78 is 37.0. The lowest BCUT2D eigenvalue weighted by atomic mass is 9.84. The molecule has 0 saturated carbocycles. The molecular weight excluding hydrogens is 564 g/mol. The first kappa shape index (κ1) is 28.9. The largest absolute Gasteiger partial charge is 0.493 e. The van der Waals surface area contributed by atoms with Crippen molar-refractivity contribution in [3.8, 4) is 16.9 Å². The van der Waals surface area contributed by atoms with E-state index in [-0.39, 0.29) is 4.90 Å². The molecule has 3 heterocycles. The second-order valence-electron chi connectivity index (χ2n) is 12.0. The molecule has 0 saturated heterocycles. The van der Waals surface area contributed by atoms with Gasteiger partial charge in [-0.2, -0.15) is 0 Å². The smallest absolute Gasteiger partial charge is 0.337 e. The van der Waals surface area contributed by atoms with Crippen LogP contribution in [0.15, 0.2) is 65.7 Å². The number of ether oxygens (including phenoxy) is 2. The van der Waals surface area contributed by atoms with E-state index in [9.17, 15) is 18.3 Å². The predicted octanol–water partition coefficient (Wildman–Crippen LogP) is 6.65. The number of aliphatic carboxylic acids is 1. The first-order chi connectivity index (χ1) is 20.3. The topological polar surface area (TPSA) is 106 Å². The van der Waals surface area contributed by atoms with Crippen LogP contribution in [0.25, 0.3) is 28.1 Å². The van der Waals surface area contributed by atoms with Gasteiger partial charge in [0.2, 0.25) is 0 Å². The first-order valence-electron chi connectivity index (χ1n) is 14.2. The van der Waals surface area contributed by atoms with Crippen molar-refractivity contribution in [2.75, 3.05) is 24.3 Å². The molecule has 0 amide bonds. The number of aromatic nitrogens is 1. The lowest BCUT2D eigenvalue weighted by molar-refractivity contribution is -0.160. The number of benzene rings is 3. The molecule has 43 heavy (non-hydrogen) atoms. The summed E-state index contributed by atoms with van der Waals surface area (Å²) >= 11 is 0. The van der Waals surface area contributed by atoms with Gasteiger partial charge in [-0.15, -0.1) is 0 Å². The zero-order valence-corrected chi connectivity index (χ0v) is 25.7. The van der Waals surface area contributed by atoms with Crippen molar-refractivity contribution in [1.82, 2.24) is 4.98 Å². The van der Waals surface area contributed by atoms with Crippen LogP contribution in [0.3, 0.4) is 0 Å². The van der Waals surface area contributed by atoms with Crippen LogP contribution in [0.4, 0.5) is 11.4 Å². The maximum Gasteiger partial charge on any atom is 0.337 e. The number of nitrogens with zero attached hydrogens (tertiary/aromatic N) is 2. The quantitative estimate of drug-likeness (QED) is 0.263. The Morgan fingerprint density at radius 3 is 2.65 bits per heavy atom. The Hall–Kier alpha value is -4.21. The lowest BCUT2D eigenvalue weighted by Crippen LogP contribution is -2.29. The third-order valence-electron chi connectivity index (χ3n) is 7.81. The highest BCUT2D eigenvalue weighted by atomic mass is 32.2. The number of hydrogen-bond donors (Lipinski definition) is 1. The highest BCUT2D eigenvalue weighted by Gasteiger charge is 2.34. The van der Waals surface area contributed by atoms with Gasteiger partial charge in [0.25, 0.3) is 0 Å². The molecule has 0 fully saturated rings. The molecule has 4 aromatic rings. The molecule has 1 N–H and O–H groups in total. The van der Waals surface area contributed by atoms with E-state index >= 15 is 0 Å². The van der Waals surface area contributed by atoms with Gasteiger partial charge in [0, 0.05) is 58.9 Å². The molecule has 0 bridgehead atoms. The van der Waals surface area contributed by atoms with Crippen molar-refractivity contribution >= 4 is 44.2 Å². The summed E-state index contributed by atoms with van der Waals surface area (Å²) in [5, 5.41) is 11.5. The third-order valence-corrected chi connectivity index (χ3v) is 8.92. The van der Waals surface area contributed by atoms with E-state index in [1.54, 1.807) is 24.4 Å². The fraction of sp³-hybridized carbons (Fsp3) is 0.294. The summed E-state index contributed by atoms with van der Waals surface area (Å²) in [6.07, 6.45) is 6.49. The normalized spacial score (nSPS) is 15.2. The molecule has 0 spiro atoms. The summed E-state index contributed by atoms with van der Waals surface area (Å²) in [5.41, 5.74) is 6.27. The van der Waals surface area contributed by atoms with Crippen LogP contribution in [-0.2, 0) is 25.8 Å². The van der Waals surface area contributed by atoms with Gasteiger partial charge in [-0.05, 0) is 86.8 Å². The molecule has 2 aliphatic rings. The minimum atomic E-state index is -3.42. The fourth-order valence-electron chi connectivity index (χ4n) is 6.04. The molecule has 3 aromatic carbocycles. The van der Waals surface area contributed by atoms with E-state index in [4.69, 9.17) is 14.5 Å². The number of rotatable bonds is 6. The number of pyridine rings is 1. The van der Waals surface area contributed by atoms with E-state index in [0.717, 1.165) is 56.7 Å². The Bertz CT molecular complexity index is 1910. The Labute approximate surface area is 251 Å². The van der Waals surface area contributed by atoms with Gasteiger partial charge in [0.15, 0.2) is 15.9 Å². The van der Waals surface area contributed by atoms with Crippen molar-refractivity contribution in [3.63, 3.8) is 0 Å². The summed E-state index contributed by atoms with van der Waals surface area (Å²) in [6.45, 7) is 8.51.